The Morgan fingerprint density at radius 2 is 0.414 bits per heavy atom. The summed E-state index contributed by atoms with van der Waals surface area (Å²) in [6.45, 7) is 8.33. The summed E-state index contributed by atoms with van der Waals surface area (Å²) >= 11 is 0. The molecule has 0 atom stereocenters. The topological polar surface area (TPSA) is 36.8 Å². The number of hydrogen-bond acceptors (Lipinski definition) is 5. The molecule has 0 fully saturated rings. The third kappa shape index (κ3) is 15.6. The molecule has 8 aromatic carbocycles. The molecule has 70 heavy (non-hydrogen) atoms. The molecular weight excluding hydrogens is 900 g/mol. The molecule has 0 aliphatic rings. The SMILES string of the molecule is CC#N.CN(C)CCN(CCN(C)C)CCN(C)C.[Cu+2].c1ccc([B-](c2ccccc2)(c2ccccc2)c2ccccc2)cc1.c1ccc([B-](c2ccccc2)(c2ccccc2)c2ccccc2)cc1. The number of nitriles is 1. The number of likely N-dealkylation sites (N-methyl/N-ethyl adjacent to an activating group) is 3. The normalized spacial score (nSPS) is 10.9. The molecule has 0 heterocycles. The van der Waals surface area contributed by atoms with Crippen LogP contribution in [0.3, 0.4) is 0 Å². The second kappa shape index (κ2) is 30.4. The second-order valence-electron chi connectivity index (χ2n) is 18.5. The fourth-order valence-corrected chi connectivity index (χ4v) is 9.60. The van der Waals surface area contributed by atoms with Crippen LogP contribution in [0, 0.1) is 11.3 Å². The van der Waals surface area contributed by atoms with E-state index in [0.29, 0.717) is 0 Å². The number of hydrogen-bond donors (Lipinski definition) is 0. The van der Waals surface area contributed by atoms with Gasteiger partial charge in [0.05, 0.1) is 6.07 Å². The fourth-order valence-electron chi connectivity index (χ4n) is 9.60. The van der Waals surface area contributed by atoms with E-state index < -0.39 is 12.3 Å². The van der Waals surface area contributed by atoms with E-state index in [9.17, 15) is 0 Å². The summed E-state index contributed by atoms with van der Waals surface area (Å²) in [5.41, 5.74) is 10.7. The Morgan fingerprint density at radius 1 is 0.286 bits per heavy atom. The van der Waals surface area contributed by atoms with Gasteiger partial charge in [-0.2, -0.15) is 49.0 Å². The Hall–Kier alpha value is -6.26. The summed E-state index contributed by atoms with van der Waals surface area (Å²) in [5, 5.41) is 7.32. The predicted octanol–water partition coefficient (Wildman–Crippen LogP) is 6.63. The molecule has 363 valence electrons. The quantitative estimate of drug-likeness (QED) is 0.0960. The van der Waals surface area contributed by atoms with Crippen LogP contribution in [0.15, 0.2) is 243 Å². The molecule has 0 saturated carbocycles. The van der Waals surface area contributed by atoms with Gasteiger partial charge in [0.25, 0.3) is 0 Å². The summed E-state index contributed by atoms with van der Waals surface area (Å²) in [6, 6.07) is 88.8. The van der Waals surface area contributed by atoms with E-state index in [0.717, 1.165) is 39.3 Å². The van der Waals surface area contributed by atoms with Crippen LogP contribution in [0.4, 0.5) is 0 Å². The fraction of sp³-hybridized carbons (Fsp3) is 0.210. The maximum Gasteiger partial charge on any atom is 2.00 e. The van der Waals surface area contributed by atoms with Crippen molar-refractivity contribution in [3.63, 3.8) is 0 Å². The molecule has 0 aliphatic heterocycles. The minimum absolute atomic E-state index is 0. The van der Waals surface area contributed by atoms with Gasteiger partial charge in [-0.1, -0.05) is 243 Å². The minimum atomic E-state index is -1.22. The van der Waals surface area contributed by atoms with Gasteiger partial charge in [0.2, 0.25) is 0 Å². The van der Waals surface area contributed by atoms with Crippen molar-refractivity contribution in [2.24, 2.45) is 0 Å². The molecule has 5 nitrogen and oxygen atoms in total. The monoisotopic (exact) mass is 973 g/mol. The predicted molar refractivity (Wildman–Crippen MR) is 304 cm³/mol. The van der Waals surface area contributed by atoms with E-state index >= 15 is 0 Å². The van der Waals surface area contributed by atoms with Crippen molar-refractivity contribution in [2.45, 2.75) is 6.92 Å². The molecule has 8 heteroatoms. The molecule has 8 aromatic rings. The van der Waals surface area contributed by atoms with Crippen molar-refractivity contribution in [3.8, 4) is 6.07 Å². The van der Waals surface area contributed by atoms with Crippen LogP contribution in [-0.4, -0.2) is 113 Å². The zero-order chi connectivity index (χ0) is 49.2. The first-order valence-corrected chi connectivity index (χ1v) is 24.4. The minimum Gasteiger partial charge on any atom is -0.308 e. The largest absolute Gasteiger partial charge is 2.00 e. The van der Waals surface area contributed by atoms with Crippen molar-refractivity contribution in [2.75, 3.05) is 81.6 Å². The zero-order valence-electron chi connectivity index (χ0n) is 42.5. The molecule has 0 spiro atoms. The molecule has 1 radical (unpaired) electrons. The van der Waals surface area contributed by atoms with Crippen molar-refractivity contribution in [1.82, 2.24) is 19.6 Å². The van der Waals surface area contributed by atoms with Gasteiger partial charge in [0, 0.05) is 46.2 Å². The van der Waals surface area contributed by atoms with Crippen LogP contribution in [-0.2, 0) is 17.1 Å². The second-order valence-corrected chi connectivity index (χ2v) is 18.5. The maximum atomic E-state index is 7.32. The molecule has 8 rings (SSSR count). The zero-order valence-corrected chi connectivity index (χ0v) is 43.5. The van der Waals surface area contributed by atoms with Crippen LogP contribution >= 0.6 is 0 Å². The Morgan fingerprint density at radius 3 is 0.529 bits per heavy atom. The Bertz CT molecular complexity index is 2080. The molecule has 0 bridgehead atoms. The Labute approximate surface area is 432 Å². The van der Waals surface area contributed by atoms with Crippen molar-refractivity contribution in [3.05, 3.63) is 243 Å². The molecule has 0 aromatic heterocycles. The average Bonchev–Trinajstić information content (AvgIpc) is 3.40. The van der Waals surface area contributed by atoms with Crippen LogP contribution < -0.4 is 43.7 Å². The van der Waals surface area contributed by atoms with E-state index in [4.69, 9.17) is 5.26 Å². The third-order valence-corrected chi connectivity index (χ3v) is 13.0. The Kier molecular flexibility index (Phi) is 24.4. The Balaban J connectivity index is 0.000000227. The number of rotatable bonds is 17. The number of benzene rings is 8. The van der Waals surface area contributed by atoms with Crippen molar-refractivity contribution in [1.29, 1.82) is 5.26 Å². The van der Waals surface area contributed by atoms with Crippen LogP contribution in [0.25, 0.3) is 0 Å². The summed E-state index contributed by atoms with van der Waals surface area (Å²) in [4.78, 5) is 9.29. The molecule has 0 aliphatic carbocycles. The van der Waals surface area contributed by atoms with Gasteiger partial charge in [-0.05, 0) is 42.3 Å². The third-order valence-electron chi connectivity index (χ3n) is 13.0. The number of nitrogens with zero attached hydrogens (tertiary/aromatic N) is 5. The summed E-state index contributed by atoms with van der Waals surface area (Å²) in [5.74, 6) is 0. The molecule has 0 saturated heterocycles. The summed E-state index contributed by atoms with van der Waals surface area (Å²) in [6.07, 6.45) is -2.43. The van der Waals surface area contributed by atoms with Gasteiger partial charge >= 0.3 is 17.1 Å². The molecule has 0 amide bonds. The van der Waals surface area contributed by atoms with E-state index in [-0.39, 0.29) is 17.1 Å². The smallest absolute Gasteiger partial charge is 0.308 e. The van der Waals surface area contributed by atoms with Gasteiger partial charge in [-0.3, -0.25) is 4.90 Å². The molecular formula is C62H73B2CuN5. The first kappa shape index (κ1) is 56.3. The van der Waals surface area contributed by atoms with Crippen molar-refractivity contribution < 1.29 is 17.1 Å². The van der Waals surface area contributed by atoms with E-state index in [1.165, 1.54) is 50.6 Å². The van der Waals surface area contributed by atoms with Gasteiger partial charge < -0.3 is 14.7 Å². The summed E-state index contributed by atoms with van der Waals surface area (Å²) < 4.78 is 0. The van der Waals surface area contributed by atoms with Gasteiger partial charge in [0.15, 0.2) is 0 Å². The first-order valence-electron chi connectivity index (χ1n) is 24.4. The van der Waals surface area contributed by atoms with E-state index in [1.54, 1.807) is 6.07 Å². The van der Waals surface area contributed by atoms with E-state index in [2.05, 4.69) is 305 Å². The van der Waals surface area contributed by atoms with Crippen molar-refractivity contribution >= 4 is 56.0 Å². The average molecular weight is 973 g/mol. The van der Waals surface area contributed by atoms with Crippen LogP contribution in [0.1, 0.15) is 6.92 Å². The van der Waals surface area contributed by atoms with Gasteiger partial charge in [0.1, 0.15) is 12.3 Å². The first-order chi connectivity index (χ1) is 33.7. The van der Waals surface area contributed by atoms with Gasteiger partial charge in [-0.15, -0.1) is 0 Å². The van der Waals surface area contributed by atoms with E-state index in [1.807, 2.05) is 0 Å². The maximum absolute atomic E-state index is 7.32. The standard InChI is InChI=1S/2C24H20B.C12H30N4.C2H3N.Cu/c2*1-5-13-21(14-6-1)25(22-15-7-2-8-16-22,23-17-9-3-10-18-23)24-19-11-4-12-20-24;1-13(2)7-10-16(11-8-14(3)4)12-9-15(5)6;1-2-3;/h2*1-20H;7-12H2,1-6H3;1H3;/q2*-1;;;+2. The van der Waals surface area contributed by atoms with Crippen LogP contribution in [0.5, 0.6) is 0 Å². The summed E-state index contributed by atoms with van der Waals surface area (Å²) in [7, 11) is 12.8. The van der Waals surface area contributed by atoms with Gasteiger partial charge in [-0.25, -0.2) is 0 Å². The molecule has 0 unspecified atom stereocenters. The van der Waals surface area contributed by atoms with Crippen LogP contribution in [0.2, 0.25) is 0 Å². The molecule has 0 N–H and O–H groups in total.